The summed E-state index contributed by atoms with van der Waals surface area (Å²) in [4.78, 5) is 31.7. The number of para-hydroxylation sites is 2. The number of aromatic nitrogens is 1. The Morgan fingerprint density at radius 1 is 0.971 bits per heavy atom. The molecule has 7 heteroatoms. The summed E-state index contributed by atoms with van der Waals surface area (Å²) in [6, 6.07) is 19.1. The summed E-state index contributed by atoms with van der Waals surface area (Å²) in [6.07, 6.45) is 1.78. The molecule has 1 saturated heterocycles. The third-order valence-electron chi connectivity index (χ3n) is 6.40. The van der Waals surface area contributed by atoms with Crippen LogP contribution in [-0.4, -0.2) is 36.0 Å². The minimum atomic E-state index is -0.848. The largest absolute Gasteiger partial charge is 0.507 e. The molecule has 5 rings (SSSR count). The SMILES string of the molecule is COc1ccc(/C(O)=C2\C(=O)C(=O)N(c3ccccc3C)C2c2c[nH]c3ccccc23)c(OC)c1. The monoisotopic (exact) mass is 468 g/mol. The first kappa shape index (κ1) is 22.3. The Hall–Kier alpha value is -4.52. The molecule has 1 aliphatic heterocycles. The molecule has 1 atom stereocenters. The van der Waals surface area contributed by atoms with Crippen molar-refractivity contribution < 1.29 is 24.2 Å². The molecule has 7 nitrogen and oxygen atoms in total. The molecule has 0 saturated carbocycles. The van der Waals surface area contributed by atoms with Gasteiger partial charge in [-0.05, 0) is 36.8 Å². The van der Waals surface area contributed by atoms with Gasteiger partial charge in [0.1, 0.15) is 17.3 Å². The molecule has 1 unspecified atom stereocenters. The van der Waals surface area contributed by atoms with Crippen LogP contribution in [0, 0.1) is 6.92 Å². The Morgan fingerprint density at radius 3 is 2.46 bits per heavy atom. The van der Waals surface area contributed by atoms with E-state index >= 15 is 0 Å². The molecule has 35 heavy (non-hydrogen) atoms. The lowest BCUT2D eigenvalue weighted by atomic mass is 9.94. The highest BCUT2D eigenvalue weighted by Gasteiger charge is 2.48. The summed E-state index contributed by atoms with van der Waals surface area (Å²) < 4.78 is 10.7. The number of aromatic amines is 1. The van der Waals surface area contributed by atoms with E-state index in [1.807, 2.05) is 49.4 Å². The number of ketones is 1. The molecule has 1 aliphatic rings. The van der Waals surface area contributed by atoms with E-state index in [1.165, 1.54) is 19.1 Å². The number of ether oxygens (including phenoxy) is 2. The third kappa shape index (κ3) is 3.52. The fourth-order valence-electron chi connectivity index (χ4n) is 4.67. The van der Waals surface area contributed by atoms with Crippen LogP contribution in [0.1, 0.15) is 22.7 Å². The average Bonchev–Trinajstić information content (AvgIpc) is 3.42. The molecular formula is C28H24N2O5. The summed E-state index contributed by atoms with van der Waals surface area (Å²) in [5, 5.41) is 12.4. The van der Waals surface area contributed by atoms with Gasteiger partial charge >= 0.3 is 0 Å². The number of aliphatic hydroxyl groups is 1. The molecule has 0 radical (unpaired) electrons. The van der Waals surface area contributed by atoms with Gasteiger partial charge in [-0.15, -0.1) is 0 Å². The fourth-order valence-corrected chi connectivity index (χ4v) is 4.67. The van der Waals surface area contributed by atoms with Gasteiger partial charge in [0.2, 0.25) is 0 Å². The van der Waals surface area contributed by atoms with Gasteiger partial charge in [-0.1, -0.05) is 36.4 Å². The fraction of sp³-hybridized carbons (Fsp3) is 0.143. The Bertz CT molecular complexity index is 1500. The number of nitrogens with one attached hydrogen (secondary N) is 1. The number of carbonyl (C=O) groups is 2. The molecule has 2 heterocycles. The number of hydrogen-bond acceptors (Lipinski definition) is 5. The van der Waals surface area contributed by atoms with Crippen LogP contribution < -0.4 is 14.4 Å². The highest BCUT2D eigenvalue weighted by atomic mass is 16.5. The topological polar surface area (TPSA) is 91.9 Å². The van der Waals surface area contributed by atoms with Crippen LogP contribution in [0.15, 0.2) is 78.5 Å². The summed E-state index contributed by atoms with van der Waals surface area (Å²) in [6.45, 7) is 1.88. The van der Waals surface area contributed by atoms with Crippen LogP contribution in [0.4, 0.5) is 5.69 Å². The van der Waals surface area contributed by atoms with Gasteiger partial charge in [-0.25, -0.2) is 0 Å². The van der Waals surface area contributed by atoms with Gasteiger partial charge < -0.3 is 19.6 Å². The molecule has 1 aromatic heterocycles. The number of methoxy groups -OCH3 is 2. The molecule has 0 spiro atoms. The summed E-state index contributed by atoms with van der Waals surface area (Å²) in [5.41, 5.74) is 3.29. The highest BCUT2D eigenvalue weighted by Crippen LogP contribution is 2.46. The number of hydrogen-bond donors (Lipinski definition) is 2. The predicted octanol–water partition coefficient (Wildman–Crippen LogP) is 5.12. The Morgan fingerprint density at radius 2 is 1.71 bits per heavy atom. The van der Waals surface area contributed by atoms with Crippen molar-refractivity contribution in [3.8, 4) is 11.5 Å². The zero-order valence-electron chi connectivity index (χ0n) is 19.5. The minimum Gasteiger partial charge on any atom is -0.507 e. The van der Waals surface area contributed by atoms with Gasteiger partial charge in [0.25, 0.3) is 11.7 Å². The number of fused-ring (bicyclic) bond motifs is 1. The first-order valence-electron chi connectivity index (χ1n) is 11.1. The van der Waals surface area contributed by atoms with Crippen molar-refractivity contribution in [1.82, 2.24) is 4.98 Å². The third-order valence-corrected chi connectivity index (χ3v) is 6.40. The average molecular weight is 469 g/mol. The van der Waals surface area contributed by atoms with Crippen LogP contribution in [0.2, 0.25) is 0 Å². The van der Waals surface area contributed by atoms with E-state index in [-0.39, 0.29) is 11.3 Å². The van der Waals surface area contributed by atoms with Gasteiger partial charge in [-0.3, -0.25) is 14.5 Å². The summed E-state index contributed by atoms with van der Waals surface area (Å²) >= 11 is 0. The van der Waals surface area contributed by atoms with Gasteiger partial charge in [0.15, 0.2) is 0 Å². The minimum absolute atomic E-state index is 0.00790. The van der Waals surface area contributed by atoms with Crippen molar-refractivity contribution >= 4 is 34.0 Å². The second-order valence-electron chi connectivity index (χ2n) is 8.31. The van der Waals surface area contributed by atoms with Crippen molar-refractivity contribution in [2.45, 2.75) is 13.0 Å². The number of anilines is 1. The lowest BCUT2D eigenvalue weighted by Crippen LogP contribution is -2.30. The van der Waals surface area contributed by atoms with Crippen molar-refractivity contribution in [3.05, 3.63) is 95.2 Å². The number of nitrogens with zero attached hydrogens (tertiary/aromatic N) is 1. The molecule has 4 aromatic rings. The Labute approximate surface area is 202 Å². The number of H-pyrrole nitrogens is 1. The number of aryl methyl sites for hydroxylation is 1. The van der Waals surface area contributed by atoms with Crippen LogP contribution in [0.3, 0.4) is 0 Å². The van der Waals surface area contributed by atoms with Crippen molar-refractivity contribution in [2.24, 2.45) is 0 Å². The maximum atomic E-state index is 13.5. The van der Waals surface area contributed by atoms with E-state index < -0.39 is 17.7 Å². The number of rotatable bonds is 5. The van der Waals surface area contributed by atoms with Crippen LogP contribution >= 0.6 is 0 Å². The number of amides is 1. The quantitative estimate of drug-likeness (QED) is 0.241. The second kappa shape index (κ2) is 8.68. The predicted molar refractivity (Wildman–Crippen MR) is 134 cm³/mol. The molecule has 3 aromatic carbocycles. The maximum absolute atomic E-state index is 13.5. The van der Waals surface area contributed by atoms with E-state index in [4.69, 9.17) is 9.47 Å². The van der Waals surface area contributed by atoms with E-state index in [0.717, 1.165) is 16.5 Å². The normalized spacial score (nSPS) is 17.2. The first-order chi connectivity index (χ1) is 17.0. The van der Waals surface area contributed by atoms with E-state index in [0.29, 0.717) is 28.3 Å². The second-order valence-corrected chi connectivity index (χ2v) is 8.31. The standard InChI is InChI=1S/C28H24N2O5/c1-16-8-4-7-11-22(16)30-25(20-15-29-21-10-6-5-9-18(20)21)24(27(32)28(30)33)26(31)19-13-12-17(34-2)14-23(19)35-3/h4-15,25,29,31H,1-3H3/b26-24+. The van der Waals surface area contributed by atoms with Crippen LogP contribution in [-0.2, 0) is 9.59 Å². The van der Waals surface area contributed by atoms with Crippen LogP contribution in [0.5, 0.6) is 11.5 Å². The molecule has 176 valence electrons. The molecule has 1 fully saturated rings. The first-order valence-corrected chi connectivity index (χ1v) is 11.1. The van der Waals surface area contributed by atoms with Gasteiger partial charge in [-0.2, -0.15) is 0 Å². The number of aliphatic hydroxyl groups excluding tert-OH is 1. The number of carbonyl (C=O) groups excluding carboxylic acids is 2. The lowest BCUT2D eigenvalue weighted by Gasteiger charge is -2.26. The van der Waals surface area contributed by atoms with Crippen molar-refractivity contribution in [2.75, 3.05) is 19.1 Å². The van der Waals surface area contributed by atoms with E-state index in [1.54, 1.807) is 30.5 Å². The molecule has 1 amide bonds. The van der Waals surface area contributed by atoms with Gasteiger partial charge in [0.05, 0.1) is 31.4 Å². The maximum Gasteiger partial charge on any atom is 0.300 e. The summed E-state index contributed by atoms with van der Waals surface area (Å²) in [7, 11) is 2.99. The zero-order chi connectivity index (χ0) is 24.7. The van der Waals surface area contributed by atoms with Crippen molar-refractivity contribution in [1.29, 1.82) is 0 Å². The number of benzene rings is 3. The van der Waals surface area contributed by atoms with E-state index in [2.05, 4.69) is 4.98 Å². The highest BCUT2D eigenvalue weighted by molar-refractivity contribution is 6.52. The van der Waals surface area contributed by atoms with Crippen LogP contribution in [0.25, 0.3) is 16.7 Å². The summed E-state index contributed by atoms with van der Waals surface area (Å²) in [5.74, 6) is -0.926. The number of Topliss-reactive ketones (excluding diaryl/α,β-unsaturated/α-hetero) is 1. The van der Waals surface area contributed by atoms with Crippen molar-refractivity contribution in [3.63, 3.8) is 0 Å². The molecular weight excluding hydrogens is 444 g/mol. The molecule has 0 bridgehead atoms. The smallest absolute Gasteiger partial charge is 0.300 e. The molecule has 0 aliphatic carbocycles. The lowest BCUT2D eigenvalue weighted by molar-refractivity contribution is -0.132. The van der Waals surface area contributed by atoms with E-state index in [9.17, 15) is 14.7 Å². The molecule has 2 N–H and O–H groups in total. The Kier molecular flexibility index (Phi) is 5.53. The zero-order valence-corrected chi connectivity index (χ0v) is 19.5. The Balaban J connectivity index is 1.80. The van der Waals surface area contributed by atoms with Gasteiger partial charge in [0, 0.05) is 34.4 Å².